The third-order valence-electron chi connectivity index (χ3n) is 2.57. The first kappa shape index (κ1) is 10.5. The van der Waals surface area contributed by atoms with Crippen molar-refractivity contribution in [3.63, 3.8) is 0 Å². The summed E-state index contributed by atoms with van der Waals surface area (Å²) in [5.41, 5.74) is 5.69. The Morgan fingerprint density at radius 3 is 2.69 bits per heavy atom. The van der Waals surface area contributed by atoms with Crippen molar-refractivity contribution < 1.29 is 9.90 Å². The maximum atomic E-state index is 10.3. The molecule has 0 saturated heterocycles. The van der Waals surface area contributed by atoms with E-state index in [0.29, 0.717) is 5.92 Å². The molecule has 3 heteroatoms. The summed E-state index contributed by atoms with van der Waals surface area (Å²) in [6.45, 7) is 2.17. The lowest BCUT2D eigenvalue weighted by Gasteiger charge is -2.15. The quantitative estimate of drug-likeness (QED) is 0.661. The topological polar surface area (TPSA) is 63.3 Å². The molecule has 2 atom stereocenters. The Labute approximate surface area is 79.3 Å². The van der Waals surface area contributed by atoms with Crippen molar-refractivity contribution >= 4 is 5.97 Å². The van der Waals surface area contributed by atoms with Gasteiger partial charge < -0.3 is 10.8 Å². The molecule has 3 nitrogen and oxygen atoms in total. The summed E-state index contributed by atoms with van der Waals surface area (Å²) in [7, 11) is 0. The Kier molecular flexibility index (Phi) is 3.72. The first-order valence-electron chi connectivity index (χ1n) is 5.05. The van der Waals surface area contributed by atoms with Crippen LogP contribution in [0.2, 0.25) is 0 Å². The van der Waals surface area contributed by atoms with Gasteiger partial charge in [-0.1, -0.05) is 19.8 Å². The molecule has 13 heavy (non-hydrogen) atoms. The molecule has 0 spiro atoms. The van der Waals surface area contributed by atoms with Crippen LogP contribution in [0.15, 0.2) is 0 Å². The minimum Gasteiger partial charge on any atom is -0.481 e. The van der Waals surface area contributed by atoms with Crippen molar-refractivity contribution in [1.29, 1.82) is 0 Å². The predicted octanol–water partition coefficient (Wildman–Crippen LogP) is 1.61. The molecule has 0 bridgehead atoms. The summed E-state index contributed by atoms with van der Waals surface area (Å²) in [5.74, 6) is 0.708. The number of rotatable bonds is 6. The maximum Gasteiger partial charge on any atom is 0.304 e. The lowest BCUT2D eigenvalue weighted by Crippen LogP contribution is -2.26. The number of carboxylic acid groups (broad SMARTS) is 1. The number of hydrogen-bond acceptors (Lipinski definition) is 2. The SMILES string of the molecule is C[C@H](CC1CC1)C[C@H](N)CC(=O)O. The van der Waals surface area contributed by atoms with E-state index in [1.165, 1.54) is 19.3 Å². The molecular weight excluding hydrogens is 166 g/mol. The largest absolute Gasteiger partial charge is 0.481 e. The van der Waals surface area contributed by atoms with Gasteiger partial charge in [-0.15, -0.1) is 0 Å². The fraction of sp³-hybridized carbons (Fsp3) is 0.900. The second kappa shape index (κ2) is 4.61. The summed E-state index contributed by atoms with van der Waals surface area (Å²) in [5, 5.41) is 8.51. The third kappa shape index (κ3) is 4.88. The number of carboxylic acids is 1. The number of aliphatic carboxylic acids is 1. The molecule has 0 radical (unpaired) electrons. The van der Waals surface area contributed by atoms with Gasteiger partial charge in [0.2, 0.25) is 0 Å². The van der Waals surface area contributed by atoms with E-state index in [0.717, 1.165) is 12.3 Å². The average Bonchev–Trinajstić information content (AvgIpc) is 2.67. The minimum atomic E-state index is -0.786. The Bertz CT molecular complexity index is 178. The number of nitrogens with two attached hydrogens (primary N) is 1. The van der Waals surface area contributed by atoms with Gasteiger partial charge in [-0.25, -0.2) is 0 Å². The average molecular weight is 185 g/mol. The van der Waals surface area contributed by atoms with Gasteiger partial charge in [-0.05, 0) is 24.7 Å². The Morgan fingerprint density at radius 1 is 1.62 bits per heavy atom. The van der Waals surface area contributed by atoms with E-state index >= 15 is 0 Å². The molecule has 3 N–H and O–H groups in total. The van der Waals surface area contributed by atoms with Crippen molar-refractivity contribution in [3.05, 3.63) is 0 Å². The number of carbonyl (C=O) groups is 1. The lowest BCUT2D eigenvalue weighted by molar-refractivity contribution is -0.137. The molecule has 0 amide bonds. The van der Waals surface area contributed by atoms with Crippen LogP contribution in [0.4, 0.5) is 0 Å². The molecule has 0 aromatic rings. The zero-order chi connectivity index (χ0) is 9.84. The van der Waals surface area contributed by atoms with Crippen LogP contribution in [0.25, 0.3) is 0 Å². The van der Waals surface area contributed by atoms with Gasteiger partial charge in [0.05, 0.1) is 6.42 Å². The van der Waals surface area contributed by atoms with Gasteiger partial charge in [-0.3, -0.25) is 4.79 Å². The fourth-order valence-electron chi connectivity index (χ4n) is 1.84. The zero-order valence-electron chi connectivity index (χ0n) is 8.20. The third-order valence-corrected chi connectivity index (χ3v) is 2.57. The Hall–Kier alpha value is -0.570. The molecule has 1 aliphatic rings. The van der Waals surface area contributed by atoms with Gasteiger partial charge in [0.25, 0.3) is 0 Å². The Balaban J connectivity index is 2.09. The van der Waals surface area contributed by atoms with Crippen molar-refractivity contribution in [2.45, 2.75) is 45.1 Å². The number of hydrogen-bond donors (Lipinski definition) is 2. The molecule has 0 unspecified atom stereocenters. The minimum absolute atomic E-state index is 0.106. The van der Waals surface area contributed by atoms with E-state index in [4.69, 9.17) is 10.8 Å². The molecule has 1 aliphatic carbocycles. The highest BCUT2D eigenvalue weighted by molar-refractivity contribution is 5.67. The standard InChI is InChI=1S/C10H19NO2/c1-7(4-8-2-3-8)5-9(11)6-10(12)13/h7-9H,2-6,11H2,1H3,(H,12,13)/t7-,9+/m1/s1. The van der Waals surface area contributed by atoms with Crippen LogP contribution in [0.1, 0.15) is 39.0 Å². The summed E-state index contributed by atoms with van der Waals surface area (Å²) in [6.07, 6.45) is 4.90. The van der Waals surface area contributed by atoms with Gasteiger partial charge in [-0.2, -0.15) is 0 Å². The second-order valence-corrected chi connectivity index (χ2v) is 4.38. The normalized spacial score (nSPS) is 21.1. The van der Waals surface area contributed by atoms with E-state index < -0.39 is 5.97 Å². The molecule has 0 heterocycles. The monoisotopic (exact) mass is 185 g/mol. The van der Waals surface area contributed by atoms with Crippen LogP contribution in [0, 0.1) is 11.8 Å². The molecule has 0 aromatic carbocycles. The maximum absolute atomic E-state index is 10.3. The summed E-state index contributed by atoms with van der Waals surface area (Å²) < 4.78 is 0. The van der Waals surface area contributed by atoms with Crippen molar-refractivity contribution in [2.24, 2.45) is 17.6 Å². The molecule has 0 aliphatic heterocycles. The molecule has 1 rings (SSSR count). The highest BCUT2D eigenvalue weighted by Crippen LogP contribution is 2.36. The zero-order valence-corrected chi connectivity index (χ0v) is 8.20. The van der Waals surface area contributed by atoms with E-state index in [1.807, 2.05) is 0 Å². The van der Waals surface area contributed by atoms with Gasteiger partial charge in [0, 0.05) is 6.04 Å². The lowest BCUT2D eigenvalue weighted by atomic mass is 9.95. The highest BCUT2D eigenvalue weighted by Gasteiger charge is 2.24. The van der Waals surface area contributed by atoms with Crippen LogP contribution in [0.3, 0.4) is 0 Å². The molecule has 0 aromatic heterocycles. The van der Waals surface area contributed by atoms with Crippen LogP contribution in [-0.4, -0.2) is 17.1 Å². The molecule has 1 saturated carbocycles. The first-order chi connectivity index (χ1) is 6.08. The van der Waals surface area contributed by atoms with Crippen molar-refractivity contribution in [1.82, 2.24) is 0 Å². The first-order valence-corrected chi connectivity index (χ1v) is 5.05. The van der Waals surface area contributed by atoms with E-state index in [2.05, 4.69) is 6.92 Å². The van der Waals surface area contributed by atoms with Gasteiger partial charge >= 0.3 is 5.97 Å². The molecular formula is C10H19NO2. The summed E-state index contributed by atoms with van der Waals surface area (Å²) >= 11 is 0. The molecule has 1 fully saturated rings. The van der Waals surface area contributed by atoms with Gasteiger partial charge in [0.15, 0.2) is 0 Å². The second-order valence-electron chi connectivity index (χ2n) is 4.38. The van der Waals surface area contributed by atoms with Crippen molar-refractivity contribution in [3.8, 4) is 0 Å². The predicted molar refractivity (Wildman–Crippen MR) is 51.4 cm³/mol. The van der Waals surface area contributed by atoms with Crippen LogP contribution in [0.5, 0.6) is 0 Å². The molecule has 76 valence electrons. The fourth-order valence-corrected chi connectivity index (χ4v) is 1.84. The van der Waals surface area contributed by atoms with E-state index in [1.54, 1.807) is 0 Å². The van der Waals surface area contributed by atoms with E-state index in [-0.39, 0.29) is 12.5 Å². The Morgan fingerprint density at radius 2 is 2.23 bits per heavy atom. The smallest absolute Gasteiger partial charge is 0.304 e. The highest BCUT2D eigenvalue weighted by atomic mass is 16.4. The summed E-state index contributed by atoms with van der Waals surface area (Å²) in [6, 6.07) is -0.161. The summed E-state index contributed by atoms with van der Waals surface area (Å²) in [4.78, 5) is 10.3. The van der Waals surface area contributed by atoms with Crippen LogP contribution >= 0.6 is 0 Å². The van der Waals surface area contributed by atoms with Crippen LogP contribution < -0.4 is 5.73 Å². The van der Waals surface area contributed by atoms with E-state index in [9.17, 15) is 4.79 Å². The van der Waals surface area contributed by atoms with Crippen LogP contribution in [-0.2, 0) is 4.79 Å². The van der Waals surface area contributed by atoms with Crippen molar-refractivity contribution in [2.75, 3.05) is 0 Å². The van der Waals surface area contributed by atoms with Gasteiger partial charge in [0.1, 0.15) is 0 Å².